The van der Waals surface area contributed by atoms with Crippen LogP contribution in [-0.2, 0) is 0 Å². The molecule has 1 N–H and O–H groups in total. The van der Waals surface area contributed by atoms with Crippen LogP contribution in [-0.4, -0.2) is 15.7 Å². The third-order valence-electron chi connectivity index (χ3n) is 3.82. The number of hydrogen-bond acceptors (Lipinski definition) is 4. The topological polar surface area (TPSA) is 69.3 Å². The number of furan rings is 1. The summed E-state index contributed by atoms with van der Waals surface area (Å²) in [5.41, 5.74) is 2.39. The van der Waals surface area contributed by atoms with Crippen LogP contribution in [0, 0.1) is 13.8 Å². The lowest BCUT2D eigenvalue weighted by molar-refractivity contribution is 0.0991. The van der Waals surface area contributed by atoms with Gasteiger partial charge in [-0.1, -0.05) is 18.2 Å². The van der Waals surface area contributed by atoms with Crippen molar-refractivity contribution >= 4 is 11.6 Å². The highest BCUT2D eigenvalue weighted by Gasteiger charge is 2.19. The molecule has 1 aromatic carbocycles. The largest absolute Gasteiger partial charge is 0.426 e. The number of ether oxygens (including phenoxy) is 1. The minimum Gasteiger partial charge on any atom is -0.426 e. The maximum Gasteiger partial charge on any atom is 0.291 e. The number of hydrogen-bond donors (Lipinski definition) is 1. The van der Waals surface area contributed by atoms with Crippen LogP contribution in [0.4, 0.5) is 5.69 Å². The molecular formula is C19H21N3O3. The summed E-state index contributed by atoms with van der Waals surface area (Å²) >= 11 is 0. The molecule has 0 saturated carbocycles. The summed E-state index contributed by atoms with van der Waals surface area (Å²) in [5, 5.41) is 7.34. The van der Waals surface area contributed by atoms with Crippen LogP contribution >= 0.6 is 0 Å². The number of nitrogens with one attached hydrogen (secondary N) is 1. The molecule has 0 fully saturated rings. The summed E-state index contributed by atoms with van der Waals surface area (Å²) in [5.74, 6) is 0.760. The normalized spacial score (nSPS) is 10.9. The van der Waals surface area contributed by atoms with Crippen LogP contribution in [0.2, 0.25) is 0 Å². The SMILES string of the molecule is Cc1nn(C(C)C)c(C)c1NC(=O)c1ccc(Oc2ccccc2)o1. The number of rotatable bonds is 5. The van der Waals surface area contributed by atoms with Gasteiger partial charge in [-0.15, -0.1) is 0 Å². The van der Waals surface area contributed by atoms with Gasteiger partial charge in [-0.05, 0) is 45.9 Å². The van der Waals surface area contributed by atoms with Gasteiger partial charge in [0.1, 0.15) is 5.75 Å². The molecule has 0 atom stereocenters. The van der Waals surface area contributed by atoms with Crippen molar-refractivity contribution < 1.29 is 13.9 Å². The van der Waals surface area contributed by atoms with Gasteiger partial charge in [0.2, 0.25) is 0 Å². The molecule has 130 valence electrons. The minimum atomic E-state index is -0.336. The molecule has 0 aliphatic heterocycles. The monoisotopic (exact) mass is 339 g/mol. The predicted molar refractivity (Wildman–Crippen MR) is 95.3 cm³/mol. The zero-order chi connectivity index (χ0) is 18.0. The highest BCUT2D eigenvalue weighted by Crippen LogP contribution is 2.26. The van der Waals surface area contributed by atoms with E-state index in [4.69, 9.17) is 9.15 Å². The van der Waals surface area contributed by atoms with Crippen LogP contribution in [0.25, 0.3) is 0 Å². The number of nitrogens with zero attached hydrogens (tertiary/aromatic N) is 2. The number of carbonyl (C=O) groups is 1. The maximum absolute atomic E-state index is 12.5. The molecule has 6 heteroatoms. The Balaban J connectivity index is 1.74. The lowest BCUT2D eigenvalue weighted by Crippen LogP contribution is -2.12. The van der Waals surface area contributed by atoms with Crippen LogP contribution in [0.3, 0.4) is 0 Å². The highest BCUT2D eigenvalue weighted by molar-refractivity contribution is 6.03. The van der Waals surface area contributed by atoms with E-state index in [1.54, 1.807) is 12.1 Å². The summed E-state index contributed by atoms with van der Waals surface area (Å²) in [6, 6.07) is 12.7. The van der Waals surface area contributed by atoms with Gasteiger partial charge in [-0.3, -0.25) is 9.48 Å². The molecule has 6 nitrogen and oxygen atoms in total. The second-order valence-electron chi connectivity index (χ2n) is 6.07. The Bertz CT molecular complexity index is 879. The molecule has 1 amide bonds. The number of para-hydroxylation sites is 1. The highest BCUT2D eigenvalue weighted by atomic mass is 16.6. The van der Waals surface area contributed by atoms with Gasteiger partial charge in [-0.2, -0.15) is 5.10 Å². The van der Waals surface area contributed by atoms with E-state index in [2.05, 4.69) is 10.4 Å². The summed E-state index contributed by atoms with van der Waals surface area (Å²) in [6.07, 6.45) is 0. The molecule has 25 heavy (non-hydrogen) atoms. The predicted octanol–water partition coefficient (Wildman–Crippen LogP) is 4.72. The summed E-state index contributed by atoms with van der Waals surface area (Å²) < 4.78 is 13.0. The zero-order valence-corrected chi connectivity index (χ0v) is 14.7. The molecule has 0 unspecified atom stereocenters. The molecule has 2 heterocycles. The fourth-order valence-corrected chi connectivity index (χ4v) is 2.62. The molecule has 0 spiro atoms. The number of aryl methyl sites for hydroxylation is 1. The second-order valence-corrected chi connectivity index (χ2v) is 6.07. The van der Waals surface area contributed by atoms with Crippen molar-refractivity contribution in [3.63, 3.8) is 0 Å². The zero-order valence-electron chi connectivity index (χ0n) is 14.7. The lowest BCUT2D eigenvalue weighted by Gasteiger charge is -2.08. The minimum absolute atomic E-state index is 0.182. The van der Waals surface area contributed by atoms with Gasteiger partial charge >= 0.3 is 0 Å². The van der Waals surface area contributed by atoms with Crippen molar-refractivity contribution in [3.05, 3.63) is 59.6 Å². The van der Waals surface area contributed by atoms with Crippen LogP contribution in [0.15, 0.2) is 46.9 Å². The molecule has 0 radical (unpaired) electrons. The molecule has 3 aromatic rings. The summed E-state index contributed by atoms with van der Waals surface area (Å²) in [4.78, 5) is 12.5. The molecule has 0 bridgehead atoms. The second kappa shape index (κ2) is 6.84. The first-order valence-electron chi connectivity index (χ1n) is 8.15. The van der Waals surface area contributed by atoms with E-state index < -0.39 is 0 Å². The smallest absolute Gasteiger partial charge is 0.291 e. The van der Waals surface area contributed by atoms with Gasteiger partial charge in [-0.25, -0.2) is 0 Å². The number of anilines is 1. The van der Waals surface area contributed by atoms with Crippen molar-refractivity contribution in [1.82, 2.24) is 9.78 Å². The number of carbonyl (C=O) groups excluding carboxylic acids is 1. The van der Waals surface area contributed by atoms with E-state index >= 15 is 0 Å². The van der Waals surface area contributed by atoms with E-state index in [-0.39, 0.29) is 23.7 Å². The van der Waals surface area contributed by atoms with Gasteiger partial charge in [0, 0.05) is 12.1 Å². The Morgan fingerprint density at radius 3 is 2.52 bits per heavy atom. The number of aromatic nitrogens is 2. The third kappa shape index (κ3) is 3.57. The average molecular weight is 339 g/mol. The first kappa shape index (κ1) is 16.8. The van der Waals surface area contributed by atoms with Gasteiger partial charge in [0.15, 0.2) is 5.76 Å². The van der Waals surface area contributed by atoms with Crippen molar-refractivity contribution in [2.75, 3.05) is 5.32 Å². The maximum atomic E-state index is 12.5. The van der Waals surface area contributed by atoms with Gasteiger partial charge < -0.3 is 14.5 Å². The molecular weight excluding hydrogens is 318 g/mol. The van der Waals surface area contributed by atoms with Crippen molar-refractivity contribution in [1.29, 1.82) is 0 Å². The first-order valence-corrected chi connectivity index (χ1v) is 8.15. The quantitative estimate of drug-likeness (QED) is 0.730. The first-order chi connectivity index (χ1) is 12.0. The van der Waals surface area contributed by atoms with Crippen molar-refractivity contribution in [2.45, 2.75) is 33.7 Å². The average Bonchev–Trinajstić information content (AvgIpc) is 3.15. The van der Waals surface area contributed by atoms with Crippen molar-refractivity contribution in [3.8, 4) is 11.7 Å². The Morgan fingerprint density at radius 2 is 1.88 bits per heavy atom. The van der Waals surface area contributed by atoms with E-state index in [1.165, 1.54) is 0 Å². The van der Waals surface area contributed by atoms with E-state index in [0.717, 1.165) is 11.4 Å². The standard InChI is InChI=1S/C19H21N3O3/c1-12(2)22-14(4)18(13(3)21-22)20-19(23)16-10-11-17(25-16)24-15-8-6-5-7-9-15/h5-12H,1-4H3,(H,20,23). The fourth-order valence-electron chi connectivity index (χ4n) is 2.62. The number of amides is 1. The molecule has 0 aliphatic carbocycles. The Hall–Kier alpha value is -3.02. The van der Waals surface area contributed by atoms with Crippen molar-refractivity contribution in [2.24, 2.45) is 0 Å². The Kier molecular flexibility index (Phi) is 4.61. The molecule has 2 aromatic heterocycles. The van der Waals surface area contributed by atoms with E-state index in [9.17, 15) is 4.79 Å². The van der Waals surface area contributed by atoms with Crippen LogP contribution in [0.5, 0.6) is 11.7 Å². The van der Waals surface area contributed by atoms with Crippen LogP contribution in [0.1, 0.15) is 41.8 Å². The van der Waals surface area contributed by atoms with Gasteiger partial charge in [0.25, 0.3) is 11.9 Å². The van der Waals surface area contributed by atoms with Crippen LogP contribution < -0.4 is 10.1 Å². The Labute approximate surface area is 146 Å². The van der Waals surface area contributed by atoms with E-state index in [0.29, 0.717) is 11.4 Å². The molecule has 0 saturated heterocycles. The summed E-state index contributed by atoms with van der Waals surface area (Å²) in [6.45, 7) is 7.89. The molecule has 3 rings (SSSR count). The Morgan fingerprint density at radius 1 is 1.16 bits per heavy atom. The third-order valence-corrected chi connectivity index (χ3v) is 3.82. The fraction of sp³-hybridized carbons (Fsp3) is 0.263. The van der Waals surface area contributed by atoms with Gasteiger partial charge in [0.05, 0.1) is 17.1 Å². The lowest BCUT2D eigenvalue weighted by atomic mass is 10.3. The number of benzene rings is 1. The summed E-state index contributed by atoms with van der Waals surface area (Å²) in [7, 11) is 0. The van der Waals surface area contributed by atoms with E-state index in [1.807, 2.05) is 62.7 Å². The molecule has 0 aliphatic rings.